The van der Waals surface area contributed by atoms with Crippen LogP contribution in [-0.4, -0.2) is 47.6 Å². The highest BCUT2D eigenvalue weighted by atomic mass is 15.3. The second-order valence-corrected chi connectivity index (χ2v) is 6.17. The molecule has 1 aliphatic rings. The van der Waals surface area contributed by atoms with Crippen LogP contribution in [0.4, 0.5) is 0 Å². The number of hydrogen-bond acceptors (Lipinski definition) is 2. The van der Waals surface area contributed by atoms with Crippen molar-refractivity contribution in [3.8, 4) is 0 Å². The monoisotopic (exact) mass is 240 g/mol. The summed E-state index contributed by atoms with van der Waals surface area (Å²) in [5.74, 6) is 0.844. The number of nitrogens with zero attached hydrogens (tertiary/aromatic N) is 2. The van der Waals surface area contributed by atoms with Gasteiger partial charge >= 0.3 is 0 Å². The lowest BCUT2D eigenvalue weighted by Crippen LogP contribution is -2.45. The maximum atomic E-state index is 2.73. The first-order chi connectivity index (χ1) is 7.99. The van der Waals surface area contributed by atoms with E-state index in [1.807, 2.05) is 0 Å². The molecule has 17 heavy (non-hydrogen) atoms. The Morgan fingerprint density at radius 3 is 1.94 bits per heavy atom. The molecule has 0 aromatic rings. The molecule has 0 aliphatic carbocycles. The van der Waals surface area contributed by atoms with Crippen molar-refractivity contribution < 1.29 is 0 Å². The molecule has 1 saturated heterocycles. The standard InChI is InChI=1S/C15H32N2/c1-7-14-9-16(12(3)4)11-15(8-2)17(10-14)13(5)6/h12-15H,7-11H2,1-6H3. The predicted octanol–water partition coefficient (Wildman–Crippen LogP) is 3.23. The SMILES string of the molecule is CCC1CN(C(C)C)CC(CC)N(C(C)C)C1. The molecule has 0 aromatic heterocycles. The molecule has 2 unspecified atom stereocenters. The molecule has 0 saturated carbocycles. The van der Waals surface area contributed by atoms with E-state index < -0.39 is 0 Å². The van der Waals surface area contributed by atoms with Crippen LogP contribution < -0.4 is 0 Å². The summed E-state index contributed by atoms with van der Waals surface area (Å²) in [6, 6.07) is 2.11. The van der Waals surface area contributed by atoms with E-state index in [2.05, 4.69) is 51.3 Å². The van der Waals surface area contributed by atoms with Crippen molar-refractivity contribution in [1.29, 1.82) is 0 Å². The van der Waals surface area contributed by atoms with Crippen molar-refractivity contribution in [3.05, 3.63) is 0 Å². The molecule has 2 heteroatoms. The summed E-state index contributed by atoms with van der Waals surface area (Å²) >= 11 is 0. The Kier molecular flexibility index (Phi) is 5.94. The quantitative estimate of drug-likeness (QED) is 0.744. The molecule has 0 spiro atoms. The second-order valence-electron chi connectivity index (χ2n) is 6.17. The van der Waals surface area contributed by atoms with Crippen LogP contribution in [0.5, 0.6) is 0 Å². The topological polar surface area (TPSA) is 6.48 Å². The maximum Gasteiger partial charge on any atom is 0.0223 e. The first kappa shape index (κ1) is 15.0. The largest absolute Gasteiger partial charge is 0.299 e. The van der Waals surface area contributed by atoms with E-state index in [1.54, 1.807) is 0 Å². The Bertz CT molecular complexity index is 213. The van der Waals surface area contributed by atoms with Crippen molar-refractivity contribution in [2.75, 3.05) is 19.6 Å². The molecule has 1 fully saturated rings. The molecular weight excluding hydrogens is 208 g/mol. The fourth-order valence-electron chi connectivity index (χ4n) is 2.96. The van der Waals surface area contributed by atoms with Gasteiger partial charge in [-0.25, -0.2) is 0 Å². The van der Waals surface area contributed by atoms with Gasteiger partial charge in [-0.2, -0.15) is 0 Å². The molecule has 0 bridgehead atoms. The molecule has 102 valence electrons. The van der Waals surface area contributed by atoms with E-state index >= 15 is 0 Å². The molecule has 0 radical (unpaired) electrons. The van der Waals surface area contributed by atoms with E-state index in [1.165, 1.54) is 32.5 Å². The van der Waals surface area contributed by atoms with Crippen LogP contribution in [0.3, 0.4) is 0 Å². The normalized spacial score (nSPS) is 28.9. The second kappa shape index (κ2) is 6.75. The van der Waals surface area contributed by atoms with Crippen LogP contribution in [0, 0.1) is 5.92 Å². The molecule has 0 N–H and O–H groups in total. The highest BCUT2D eigenvalue weighted by Crippen LogP contribution is 2.22. The van der Waals surface area contributed by atoms with Crippen LogP contribution in [0.1, 0.15) is 54.4 Å². The van der Waals surface area contributed by atoms with Gasteiger partial charge in [-0.3, -0.25) is 9.80 Å². The van der Waals surface area contributed by atoms with Gasteiger partial charge in [0.25, 0.3) is 0 Å². The van der Waals surface area contributed by atoms with Crippen molar-refractivity contribution in [2.45, 2.75) is 72.5 Å². The van der Waals surface area contributed by atoms with Crippen molar-refractivity contribution in [1.82, 2.24) is 9.80 Å². The Morgan fingerprint density at radius 2 is 1.53 bits per heavy atom. The highest BCUT2D eigenvalue weighted by molar-refractivity contribution is 4.85. The van der Waals surface area contributed by atoms with Gasteiger partial charge in [0, 0.05) is 37.8 Å². The summed E-state index contributed by atoms with van der Waals surface area (Å²) in [5, 5.41) is 0. The highest BCUT2D eigenvalue weighted by Gasteiger charge is 2.30. The van der Waals surface area contributed by atoms with E-state index in [0.29, 0.717) is 12.1 Å². The first-order valence-electron chi connectivity index (χ1n) is 7.49. The minimum absolute atomic E-state index is 0.682. The molecule has 1 rings (SSSR count). The maximum absolute atomic E-state index is 2.73. The molecule has 2 atom stereocenters. The van der Waals surface area contributed by atoms with Crippen molar-refractivity contribution >= 4 is 0 Å². The van der Waals surface area contributed by atoms with Crippen LogP contribution in [0.15, 0.2) is 0 Å². The van der Waals surface area contributed by atoms with Gasteiger partial charge in [0.05, 0.1) is 0 Å². The number of hydrogen-bond donors (Lipinski definition) is 0. The Hall–Kier alpha value is -0.0800. The zero-order valence-corrected chi connectivity index (χ0v) is 12.7. The van der Waals surface area contributed by atoms with Crippen LogP contribution in [-0.2, 0) is 0 Å². The zero-order chi connectivity index (χ0) is 13.0. The summed E-state index contributed by atoms with van der Waals surface area (Å²) in [6.07, 6.45) is 2.58. The lowest BCUT2D eigenvalue weighted by Gasteiger charge is -2.35. The molecular formula is C15H32N2. The summed E-state index contributed by atoms with van der Waals surface area (Å²) < 4.78 is 0. The lowest BCUT2D eigenvalue weighted by molar-refractivity contribution is 0.127. The Morgan fingerprint density at radius 1 is 0.882 bits per heavy atom. The van der Waals surface area contributed by atoms with E-state index in [0.717, 1.165) is 12.0 Å². The van der Waals surface area contributed by atoms with Crippen molar-refractivity contribution in [3.63, 3.8) is 0 Å². The average molecular weight is 240 g/mol. The Labute approximate surface area is 108 Å². The number of rotatable bonds is 4. The van der Waals surface area contributed by atoms with Crippen LogP contribution in [0.25, 0.3) is 0 Å². The van der Waals surface area contributed by atoms with Gasteiger partial charge in [0.1, 0.15) is 0 Å². The van der Waals surface area contributed by atoms with Gasteiger partial charge in [-0.1, -0.05) is 20.3 Å². The third-order valence-corrected chi connectivity index (χ3v) is 4.32. The molecule has 0 amide bonds. The molecule has 1 aliphatic heterocycles. The minimum atomic E-state index is 0.682. The van der Waals surface area contributed by atoms with Gasteiger partial charge in [-0.05, 0) is 40.0 Å². The summed E-state index contributed by atoms with van der Waals surface area (Å²) in [7, 11) is 0. The van der Waals surface area contributed by atoms with Crippen molar-refractivity contribution in [2.24, 2.45) is 5.92 Å². The average Bonchev–Trinajstić information content (AvgIpc) is 2.47. The minimum Gasteiger partial charge on any atom is -0.299 e. The van der Waals surface area contributed by atoms with Gasteiger partial charge in [0.15, 0.2) is 0 Å². The van der Waals surface area contributed by atoms with Crippen LogP contribution >= 0.6 is 0 Å². The molecule has 1 heterocycles. The Balaban J connectivity index is 2.81. The van der Waals surface area contributed by atoms with E-state index in [-0.39, 0.29) is 0 Å². The zero-order valence-electron chi connectivity index (χ0n) is 12.7. The lowest BCUT2D eigenvalue weighted by atomic mass is 10.0. The third kappa shape index (κ3) is 3.96. The predicted molar refractivity (Wildman–Crippen MR) is 76.4 cm³/mol. The van der Waals surface area contributed by atoms with Crippen LogP contribution in [0.2, 0.25) is 0 Å². The summed E-state index contributed by atoms with van der Waals surface area (Å²) in [4.78, 5) is 5.42. The smallest absolute Gasteiger partial charge is 0.0223 e. The van der Waals surface area contributed by atoms with Gasteiger partial charge in [-0.15, -0.1) is 0 Å². The first-order valence-corrected chi connectivity index (χ1v) is 7.49. The van der Waals surface area contributed by atoms with Gasteiger partial charge in [0.2, 0.25) is 0 Å². The summed E-state index contributed by atoms with van der Waals surface area (Å²) in [5.41, 5.74) is 0. The van der Waals surface area contributed by atoms with Gasteiger partial charge < -0.3 is 0 Å². The van der Waals surface area contributed by atoms with E-state index in [4.69, 9.17) is 0 Å². The fraction of sp³-hybridized carbons (Fsp3) is 1.00. The summed E-state index contributed by atoms with van der Waals surface area (Å²) in [6.45, 7) is 17.9. The molecule has 0 aromatic carbocycles. The van der Waals surface area contributed by atoms with E-state index in [9.17, 15) is 0 Å². The molecule has 2 nitrogen and oxygen atoms in total. The third-order valence-electron chi connectivity index (χ3n) is 4.32. The fourth-order valence-corrected chi connectivity index (χ4v) is 2.96.